The van der Waals surface area contributed by atoms with Gasteiger partial charge in [-0.1, -0.05) is 19.1 Å². The molecule has 0 aromatic heterocycles. The summed E-state index contributed by atoms with van der Waals surface area (Å²) in [6.07, 6.45) is 1.18. The summed E-state index contributed by atoms with van der Waals surface area (Å²) in [7, 11) is 0. The van der Waals surface area contributed by atoms with Crippen LogP contribution in [0.25, 0.3) is 0 Å². The molecule has 2 rings (SSSR count). The Kier molecular flexibility index (Phi) is 4.72. The van der Waals surface area contributed by atoms with E-state index in [2.05, 4.69) is 24.1 Å². The van der Waals surface area contributed by atoms with Gasteiger partial charge in [0.25, 0.3) is 0 Å². The maximum atomic E-state index is 13.0. The molecule has 1 aliphatic rings. The zero-order valence-corrected chi connectivity index (χ0v) is 11.3. The highest BCUT2D eigenvalue weighted by Crippen LogP contribution is 2.22. The van der Waals surface area contributed by atoms with Gasteiger partial charge in [-0.2, -0.15) is 0 Å². The van der Waals surface area contributed by atoms with Gasteiger partial charge in [-0.15, -0.1) is 0 Å². The predicted octanol–water partition coefficient (Wildman–Crippen LogP) is 2.82. The van der Waals surface area contributed by atoms with Crippen molar-refractivity contribution in [2.45, 2.75) is 26.3 Å². The maximum absolute atomic E-state index is 13.0. The summed E-state index contributed by atoms with van der Waals surface area (Å²) in [5.41, 5.74) is 1.21. The number of hydrogen-bond donors (Lipinski definition) is 1. The summed E-state index contributed by atoms with van der Waals surface area (Å²) >= 11 is 0. The fraction of sp³-hybridized carbons (Fsp3) is 0.600. The quantitative estimate of drug-likeness (QED) is 0.868. The van der Waals surface area contributed by atoms with E-state index in [1.807, 2.05) is 12.1 Å². The molecule has 2 atom stereocenters. The minimum atomic E-state index is -0.156. The third-order valence-electron chi connectivity index (χ3n) is 3.74. The van der Waals surface area contributed by atoms with Gasteiger partial charge in [0.05, 0.1) is 0 Å². The first kappa shape index (κ1) is 13.5. The van der Waals surface area contributed by atoms with Gasteiger partial charge < -0.3 is 5.32 Å². The first-order valence-electron chi connectivity index (χ1n) is 6.87. The third kappa shape index (κ3) is 3.53. The molecule has 0 saturated carbocycles. The lowest BCUT2D eigenvalue weighted by molar-refractivity contribution is 0.167. The Balaban J connectivity index is 2.05. The van der Waals surface area contributed by atoms with Crippen LogP contribution in [0.4, 0.5) is 4.39 Å². The maximum Gasteiger partial charge on any atom is 0.123 e. The lowest BCUT2D eigenvalue weighted by atomic mass is 10.0. The zero-order chi connectivity index (χ0) is 13.0. The average molecular weight is 250 g/mol. The molecule has 1 heterocycles. The smallest absolute Gasteiger partial charge is 0.123 e. The normalized spacial score (nSPS) is 24.3. The van der Waals surface area contributed by atoms with Crippen LogP contribution >= 0.6 is 0 Å². The topological polar surface area (TPSA) is 15.3 Å². The van der Waals surface area contributed by atoms with Crippen molar-refractivity contribution < 1.29 is 4.39 Å². The van der Waals surface area contributed by atoms with Gasteiger partial charge in [-0.05, 0) is 56.6 Å². The van der Waals surface area contributed by atoms with Crippen molar-refractivity contribution in [1.29, 1.82) is 0 Å². The standard InChI is InChI=1S/C15H23FN2/c1-12-10-17-8-3-9-18(11-12)13(2)14-4-6-15(16)7-5-14/h4-7,12-13,17H,3,8-11H2,1-2H3. The van der Waals surface area contributed by atoms with Crippen LogP contribution in [0.1, 0.15) is 31.9 Å². The second-order valence-electron chi connectivity index (χ2n) is 5.39. The minimum Gasteiger partial charge on any atom is -0.316 e. The van der Waals surface area contributed by atoms with E-state index in [0.29, 0.717) is 12.0 Å². The highest BCUT2D eigenvalue weighted by Gasteiger charge is 2.19. The number of benzene rings is 1. The highest BCUT2D eigenvalue weighted by molar-refractivity contribution is 5.19. The van der Waals surface area contributed by atoms with Crippen LogP contribution in [0.5, 0.6) is 0 Å². The van der Waals surface area contributed by atoms with Gasteiger partial charge >= 0.3 is 0 Å². The molecule has 18 heavy (non-hydrogen) atoms. The summed E-state index contributed by atoms with van der Waals surface area (Å²) in [6, 6.07) is 7.29. The summed E-state index contributed by atoms with van der Waals surface area (Å²) in [5.74, 6) is 0.504. The van der Waals surface area contributed by atoms with E-state index < -0.39 is 0 Å². The van der Waals surface area contributed by atoms with Crippen molar-refractivity contribution in [1.82, 2.24) is 10.2 Å². The molecular weight excluding hydrogens is 227 g/mol. The predicted molar refractivity (Wildman–Crippen MR) is 73.0 cm³/mol. The van der Waals surface area contributed by atoms with Gasteiger partial charge in [-0.25, -0.2) is 4.39 Å². The number of hydrogen-bond acceptors (Lipinski definition) is 2. The van der Waals surface area contributed by atoms with E-state index >= 15 is 0 Å². The molecule has 2 nitrogen and oxygen atoms in total. The van der Waals surface area contributed by atoms with E-state index in [9.17, 15) is 4.39 Å². The lowest BCUT2D eigenvalue weighted by Gasteiger charge is -2.33. The molecule has 0 amide bonds. The van der Waals surface area contributed by atoms with Gasteiger partial charge in [0.1, 0.15) is 5.82 Å². The van der Waals surface area contributed by atoms with Gasteiger partial charge in [0.2, 0.25) is 0 Å². The highest BCUT2D eigenvalue weighted by atomic mass is 19.1. The third-order valence-corrected chi connectivity index (χ3v) is 3.74. The minimum absolute atomic E-state index is 0.156. The van der Waals surface area contributed by atoms with Crippen LogP contribution in [0, 0.1) is 11.7 Å². The van der Waals surface area contributed by atoms with Crippen LogP contribution in [0.15, 0.2) is 24.3 Å². The first-order chi connectivity index (χ1) is 8.66. The van der Waals surface area contributed by atoms with E-state index in [0.717, 1.165) is 26.2 Å². The van der Waals surface area contributed by atoms with Gasteiger partial charge in [0, 0.05) is 12.6 Å². The second-order valence-corrected chi connectivity index (χ2v) is 5.39. The summed E-state index contributed by atoms with van der Waals surface area (Å²) in [4.78, 5) is 2.51. The van der Waals surface area contributed by atoms with Crippen molar-refractivity contribution in [3.05, 3.63) is 35.6 Å². The van der Waals surface area contributed by atoms with Crippen LogP contribution in [-0.2, 0) is 0 Å². The molecule has 1 fully saturated rings. The fourth-order valence-electron chi connectivity index (χ4n) is 2.62. The Morgan fingerprint density at radius 3 is 2.78 bits per heavy atom. The number of rotatable bonds is 2. The number of nitrogens with zero attached hydrogens (tertiary/aromatic N) is 1. The molecule has 1 aromatic carbocycles. The Bertz CT molecular complexity index is 363. The monoisotopic (exact) mass is 250 g/mol. The molecule has 2 unspecified atom stereocenters. The van der Waals surface area contributed by atoms with Crippen molar-refractivity contribution in [3.63, 3.8) is 0 Å². The van der Waals surface area contributed by atoms with Gasteiger partial charge in [-0.3, -0.25) is 4.90 Å². The van der Waals surface area contributed by atoms with Crippen molar-refractivity contribution in [2.24, 2.45) is 5.92 Å². The Morgan fingerprint density at radius 1 is 1.33 bits per heavy atom. The Hall–Kier alpha value is -0.930. The summed E-state index contributed by atoms with van der Waals surface area (Å²) in [6.45, 7) is 8.89. The largest absolute Gasteiger partial charge is 0.316 e. The molecule has 0 spiro atoms. The molecule has 1 saturated heterocycles. The molecule has 0 bridgehead atoms. The van der Waals surface area contributed by atoms with Crippen molar-refractivity contribution >= 4 is 0 Å². The average Bonchev–Trinajstić information content (AvgIpc) is 2.34. The molecule has 100 valence electrons. The van der Waals surface area contributed by atoms with E-state index in [-0.39, 0.29) is 5.82 Å². The Morgan fingerprint density at radius 2 is 2.06 bits per heavy atom. The molecule has 0 aliphatic carbocycles. The summed E-state index contributed by atoms with van der Waals surface area (Å²) < 4.78 is 13.0. The van der Waals surface area contributed by atoms with Crippen molar-refractivity contribution in [3.8, 4) is 0 Å². The number of nitrogens with one attached hydrogen (secondary N) is 1. The van der Waals surface area contributed by atoms with Crippen molar-refractivity contribution in [2.75, 3.05) is 26.2 Å². The van der Waals surface area contributed by atoms with Crippen LogP contribution in [0.2, 0.25) is 0 Å². The van der Waals surface area contributed by atoms with Crippen LogP contribution in [-0.4, -0.2) is 31.1 Å². The summed E-state index contributed by atoms with van der Waals surface area (Å²) in [5, 5.41) is 3.47. The lowest BCUT2D eigenvalue weighted by Crippen LogP contribution is -2.39. The molecule has 1 aliphatic heterocycles. The Labute approximate surface area is 109 Å². The van der Waals surface area contributed by atoms with Crippen LogP contribution < -0.4 is 5.32 Å². The SMILES string of the molecule is CC1CNCCCN(C(C)c2ccc(F)cc2)C1. The van der Waals surface area contributed by atoms with Crippen LogP contribution in [0.3, 0.4) is 0 Å². The second kappa shape index (κ2) is 6.30. The number of halogens is 1. The van der Waals surface area contributed by atoms with E-state index in [1.54, 1.807) is 12.1 Å². The molecule has 0 radical (unpaired) electrons. The van der Waals surface area contributed by atoms with E-state index in [1.165, 1.54) is 12.0 Å². The molecule has 1 aromatic rings. The zero-order valence-electron chi connectivity index (χ0n) is 11.3. The van der Waals surface area contributed by atoms with Gasteiger partial charge in [0.15, 0.2) is 0 Å². The molecular formula is C15H23FN2. The molecule has 1 N–H and O–H groups in total. The molecule has 3 heteroatoms. The first-order valence-corrected chi connectivity index (χ1v) is 6.87. The fourth-order valence-corrected chi connectivity index (χ4v) is 2.62. The van der Waals surface area contributed by atoms with E-state index in [4.69, 9.17) is 0 Å².